The van der Waals surface area contributed by atoms with Crippen molar-refractivity contribution in [2.75, 3.05) is 6.61 Å². The van der Waals surface area contributed by atoms with Crippen molar-refractivity contribution in [1.82, 2.24) is 10.9 Å². The van der Waals surface area contributed by atoms with Crippen LogP contribution in [0.4, 0.5) is 0 Å². The Labute approximate surface area is 114 Å². The molecule has 0 aromatic rings. The monoisotopic (exact) mass is 294 g/mol. The van der Waals surface area contributed by atoms with Crippen LogP contribution in [-0.4, -0.2) is 56.3 Å². The maximum atomic E-state index is 9.61. The quantitative estimate of drug-likeness (QED) is 0.151. The third-order valence-corrected chi connectivity index (χ3v) is 1.70. The summed E-state index contributed by atoms with van der Waals surface area (Å²) in [5.74, 6) is 0. The first-order chi connectivity index (χ1) is 8.38. The fourth-order valence-electron chi connectivity index (χ4n) is 0.750. The first-order valence-electron chi connectivity index (χ1n) is 4.57. The summed E-state index contributed by atoms with van der Waals surface area (Å²) in [6.07, 6.45) is -1.89. The van der Waals surface area contributed by atoms with Crippen molar-refractivity contribution in [1.29, 1.82) is 0 Å². The molecule has 9 N–H and O–H groups in total. The second kappa shape index (κ2) is 8.66. The molecule has 18 heavy (non-hydrogen) atoms. The predicted molar refractivity (Wildman–Crippen MR) is 74.9 cm³/mol. The van der Waals surface area contributed by atoms with Crippen molar-refractivity contribution in [2.45, 2.75) is 12.2 Å². The third kappa shape index (κ3) is 7.03. The summed E-state index contributed by atoms with van der Waals surface area (Å²) in [6, 6.07) is 0. The zero-order chi connectivity index (χ0) is 14.1. The molecule has 0 aliphatic rings. The fourth-order valence-corrected chi connectivity index (χ4v) is 0.848. The number of aliphatic hydroxyl groups excluding tert-OH is 3. The van der Waals surface area contributed by atoms with Crippen molar-refractivity contribution in [3.8, 4) is 0 Å². The number of nitrogens with one attached hydrogen (secondary N) is 2. The number of nitrogens with two attached hydrogens (primary N) is 2. The SMILES string of the molecule is NC(=S)N/N=C(/C=N/NC(N)=S)[C@@H](O)[C@@H](O)CO. The van der Waals surface area contributed by atoms with Gasteiger partial charge in [0.05, 0.1) is 12.8 Å². The number of thiocarbonyl (C=S) groups is 2. The number of hydrogen-bond acceptors (Lipinski definition) is 7. The number of aliphatic hydroxyl groups is 3. The van der Waals surface area contributed by atoms with E-state index in [1.165, 1.54) is 0 Å². The molecular formula is C7H14N6O3S2. The summed E-state index contributed by atoms with van der Waals surface area (Å²) < 4.78 is 0. The molecule has 0 bridgehead atoms. The van der Waals surface area contributed by atoms with Crippen LogP contribution in [0.25, 0.3) is 0 Å². The average Bonchev–Trinajstić information content (AvgIpc) is 2.30. The largest absolute Gasteiger partial charge is 0.394 e. The van der Waals surface area contributed by atoms with E-state index in [0.717, 1.165) is 6.21 Å². The lowest BCUT2D eigenvalue weighted by atomic mass is 10.1. The second-order valence-electron chi connectivity index (χ2n) is 2.94. The minimum absolute atomic E-state index is 0.0925. The van der Waals surface area contributed by atoms with Crippen LogP contribution in [0.1, 0.15) is 0 Å². The van der Waals surface area contributed by atoms with E-state index < -0.39 is 18.8 Å². The lowest BCUT2D eigenvalue weighted by molar-refractivity contribution is 0.0191. The zero-order valence-electron chi connectivity index (χ0n) is 9.15. The van der Waals surface area contributed by atoms with Crippen LogP contribution in [0.5, 0.6) is 0 Å². The van der Waals surface area contributed by atoms with Gasteiger partial charge in [-0.1, -0.05) is 0 Å². The van der Waals surface area contributed by atoms with Crippen LogP contribution in [0.3, 0.4) is 0 Å². The number of rotatable bonds is 6. The normalized spacial score (nSPS) is 15.2. The Bertz CT molecular complexity index is 361. The molecular weight excluding hydrogens is 280 g/mol. The summed E-state index contributed by atoms with van der Waals surface area (Å²) in [6.45, 7) is -0.663. The van der Waals surface area contributed by atoms with Gasteiger partial charge in [0.2, 0.25) is 0 Å². The molecule has 2 atom stereocenters. The summed E-state index contributed by atoms with van der Waals surface area (Å²) >= 11 is 9.01. The van der Waals surface area contributed by atoms with Gasteiger partial charge in [-0.15, -0.1) is 0 Å². The van der Waals surface area contributed by atoms with Crippen LogP contribution < -0.4 is 22.3 Å². The maximum absolute atomic E-state index is 9.61. The van der Waals surface area contributed by atoms with Gasteiger partial charge in [0.25, 0.3) is 0 Å². The van der Waals surface area contributed by atoms with Crippen molar-refractivity contribution in [3.63, 3.8) is 0 Å². The number of nitrogens with zero attached hydrogens (tertiary/aromatic N) is 2. The van der Waals surface area contributed by atoms with Crippen LogP contribution in [0.15, 0.2) is 10.2 Å². The summed E-state index contributed by atoms with van der Waals surface area (Å²) in [5, 5.41) is 34.5. The van der Waals surface area contributed by atoms with Gasteiger partial charge in [0.15, 0.2) is 10.2 Å². The molecule has 0 amide bonds. The van der Waals surface area contributed by atoms with Crippen LogP contribution >= 0.6 is 24.4 Å². The summed E-state index contributed by atoms with van der Waals surface area (Å²) in [7, 11) is 0. The molecule has 0 aromatic heterocycles. The summed E-state index contributed by atoms with van der Waals surface area (Å²) in [5.41, 5.74) is 14.6. The fraction of sp³-hybridized carbons (Fsp3) is 0.429. The molecule has 0 rings (SSSR count). The highest BCUT2D eigenvalue weighted by molar-refractivity contribution is 7.80. The van der Waals surface area contributed by atoms with Crippen LogP contribution in [0, 0.1) is 0 Å². The van der Waals surface area contributed by atoms with Crippen molar-refractivity contribution in [2.24, 2.45) is 21.7 Å². The Hall–Kier alpha value is -1.40. The molecule has 0 heterocycles. The Morgan fingerprint density at radius 2 is 1.78 bits per heavy atom. The Morgan fingerprint density at radius 1 is 1.22 bits per heavy atom. The van der Waals surface area contributed by atoms with E-state index in [-0.39, 0.29) is 15.9 Å². The Morgan fingerprint density at radius 3 is 2.22 bits per heavy atom. The van der Waals surface area contributed by atoms with Gasteiger partial charge in [-0.2, -0.15) is 10.2 Å². The lowest BCUT2D eigenvalue weighted by Gasteiger charge is -2.15. The molecule has 0 radical (unpaired) electrons. The van der Waals surface area contributed by atoms with E-state index >= 15 is 0 Å². The van der Waals surface area contributed by atoms with Crippen LogP contribution in [-0.2, 0) is 0 Å². The van der Waals surface area contributed by atoms with E-state index in [4.69, 9.17) is 16.6 Å². The third-order valence-electron chi connectivity index (χ3n) is 1.52. The molecule has 102 valence electrons. The zero-order valence-corrected chi connectivity index (χ0v) is 10.8. The van der Waals surface area contributed by atoms with Gasteiger partial charge >= 0.3 is 0 Å². The van der Waals surface area contributed by atoms with Gasteiger partial charge in [-0.25, -0.2) is 0 Å². The Kier molecular flexibility index (Phi) is 7.98. The maximum Gasteiger partial charge on any atom is 0.184 e. The first-order valence-corrected chi connectivity index (χ1v) is 5.38. The van der Waals surface area contributed by atoms with Gasteiger partial charge in [0.1, 0.15) is 17.9 Å². The predicted octanol–water partition coefficient (Wildman–Crippen LogP) is -3.29. The van der Waals surface area contributed by atoms with E-state index in [9.17, 15) is 10.2 Å². The van der Waals surface area contributed by atoms with Crippen LogP contribution in [0.2, 0.25) is 0 Å². The molecule has 0 aliphatic carbocycles. The molecule has 0 saturated heterocycles. The first kappa shape index (κ1) is 16.6. The van der Waals surface area contributed by atoms with E-state index in [0.29, 0.717) is 0 Å². The average molecular weight is 294 g/mol. The molecule has 0 spiro atoms. The molecule has 0 fully saturated rings. The topological polar surface area (TPSA) is 162 Å². The molecule has 0 aliphatic heterocycles. The summed E-state index contributed by atoms with van der Waals surface area (Å²) in [4.78, 5) is 0. The van der Waals surface area contributed by atoms with E-state index in [1.54, 1.807) is 0 Å². The van der Waals surface area contributed by atoms with Gasteiger partial charge in [0, 0.05) is 0 Å². The smallest absolute Gasteiger partial charge is 0.184 e. The number of hydrogen-bond donors (Lipinski definition) is 7. The minimum atomic E-state index is -1.49. The van der Waals surface area contributed by atoms with Gasteiger partial charge in [-0.3, -0.25) is 10.9 Å². The lowest BCUT2D eigenvalue weighted by Crippen LogP contribution is -2.39. The highest BCUT2D eigenvalue weighted by Crippen LogP contribution is 1.95. The molecule has 0 aromatic carbocycles. The Balaban J connectivity index is 4.81. The van der Waals surface area contributed by atoms with Crippen molar-refractivity contribution in [3.05, 3.63) is 0 Å². The minimum Gasteiger partial charge on any atom is -0.394 e. The van der Waals surface area contributed by atoms with E-state index in [2.05, 4.69) is 45.5 Å². The van der Waals surface area contributed by atoms with Crippen molar-refractivity contribution >= 4 is 46.6 Å². The van der Waals surface area contributed by atoms with Crippen molar-refractivity contribution < 1.29 is 15.3 Å². The molecule has 9 nitrogen and oxygen atoms in total. The molecule has 11 heteroatoms. The van der Waals surface area contributed by atoms with E-state index in [1.807, 2.05) is 0 Å². The number of hydrazone groups is 2. The standard InChI is InChI=1S/C7H14N6O3S2/c8-6(17)12-10-1-3(11-13-7(9)18)5(16)4(15)2-14/h1,4-5,14-16H,2H2,(H3,8,12,17)(H3,9,13,18)/b10-1+,11-3-/t4-,5+/m0/s1. The second-order valence-corrected chi connectivity index (χ2v) is 3.82. The molecule has 0 unspecified atom stereocenters. The van der Waals surface area contributed by atoms with Gasteiger partial charge < -0.3 is 26.8 Å². The molecule has 0 saturated carbocycles. The highest BCUT2D eigenvalue weighted by Gasteiger charge is 2.20. The highest BCUT2D eigenvalue weighted by atomic mass is 32.1. The van der Waals surface area contributed by atoms with Gasteiger partial charge in [-0.05, 0) is 24.4 Å².